The molecule has 1 aromatic heterocycles. The summed E-state index contributed by atoms with van der Waals surface area (Å²) >= 11 is 5.78. The average Bonchev–Trinajstić information content (AvgIpc) is 2.48. The minimum atomic E-state index is 0.180. The lowest BCUT2D eigenvalue weighted by Gasteiger charge is -2.10. The van der Waals surface area contributed by atoms with Gasteiger partial charge in [-0.3, -0.25) is 0 Å². The van der Waals surface area contributed by atoms with Gasteiger partial charge in [0.05, 0.1) is 11.9 Å². The van der Waals surface area contributed by atoms with Crippen molar-refractivity contribution in [3.05, 3.63) is 59.5 Å². The number of benzene rings is 2. The zero-order valence-electron chi connectivity index (χ0n) is 10.7. The molecule has 3 aromatic rings. The number of anilines is 2. The standard InChI is InChI=1S/C15H13ClN4/c16-15-19-9-13(17)14(20-15)18-8-11-6-3-5-10-4-1-2-7-12(10)11/h1-7,9H,8,17H2,(H,18,19,20). The summed E-state index contributed by atoms with van der Waals surface area (Å²) in [4.78, 5) is 7.92. The van der Waals surface area contributed by atoms with Crippen molar-refractivity contribution in [1.29, 1.82) is 0 Å². The number of nitrogens with zero attached hydrogens (tertiary/aromatic N) is 2. The lowest BCUT2D eigenvalue weighted by atomic mass is 10.0. The molecule has 0 bridgehead atoms. The number of nitrogens with two attached hydrogens (primary N) is 1. The monoisotopic (exact) mass is 284 g/mol. The summed E-state index contributed by atoms with van der Waals surface area (Å²) in [6.07, 6.45) is 1.50. The van der Waals surface area contributed by atoms with Crippen molar-refractivity contribution >= 4 is 33.9 Å². The number of hydrogen-bond donors (Lipinski definition) is 2. The molecule has 20 heavy (non-hydrogen) atoms. The second-order valence-electron chi connectivity index (χ2n) is 4.43. The van der Waals surface area contributed by atoms with Gasteiger partial charge in [-0.1, -0.05) is 42.5 Å². The van der Waals surface area contributed by atoms with Gasteiger partial charge in [-0.15, -0.1) is 0 Å². The number of nitrogen functional groups attached to an aromatic ring is 1. The maximum absolute atomic E-state index is 5.82. The Morgan fingerprint density at radius 3 is 2.80 bits per heavy atom. The van der Waals surface area contributed by atoms with Crippen LogP contribution in [0, 0.1) is 0 Å². The van der Waals surface area contributed by atoms with Crippen LogP contribution in [-0.4, -0.2) is 9.97 Å². The highest BCUT2D eigenvalue weighted by atomic mass is 35.5. The highest BCUT2D eigenvalue weighted by Gasteiger charge is 2.04. The average molecular weight is 285 g/mol. The molecule has 2 aromatic carbocycles. The van der Waals surface area contributed by atoms with E-state index in [4.69, 9.17) is 17.3 Å². The predicted octanol–water partition coefficient (Wildman–Crippen LogP) is 3.48. The molecular formula is C15H13ClN4. The number of fused-ring (bicyclic) bond motifs is 1. The summed E-state index contributed by atoms with van der Waals surface area (Å²) in [6, 6.07) is 14.5. The largest absolute Gasteiger partial charge is 0.394 e. The van der Waals surface area contributed by atoms with Gasteiger partial charge in [0, 0.05) is 6.54 Å². The van der Waals surface area contributed by atoms with Crippen molar-refractivity contribution in [3.8, 4) is 0 Å². The summed E-state index contributed by atoms with van der Waals surface area (Å²) < 4.78 is 0. The van der Waals surface area contributed by atoms with Gasteiger partial charge < -0.3 is 11.1 Å². The van der Waals surface area contributed by atoms with Gasteiger partial charge in [0.15, 0.2) is 5.82 Å². The Hall–Kier alpha value is -2.33. The first-order valence-corrected chi connectivity index (χ1v) is 6.60. The third-order valence-corrected chi connectivity index (χ3v) is 3.30. The van der Waals surface area contributed by atoms with Crippen molar-refractivity contribution in [1.82, 2.24) is 9.97 Å². The van der Waals surface area contributed by atoms with Crippen LogP contribution in [0.25, 0.3) is 10.8 Å². The molecule has 0 atom stereocenters. The smallest absolute Gasteiger partial charge is 0.224 e. The Kier molecular flexibility index (Phi) is 3.39. The first-order valence-electron chi connectivity index (χ1n) is 6.22. The van der Waals surface area contributed by atoms with Gasteiger partial charge in [0.25, 0.3) is 0 Å². The van der Waals surface area contributed by atoms with Gasteiger partial charge in [-0.25, -0.2) is 4.98 Å². The minimum Gasteiger partial charge on any atom is -0.394 e. The van der Waals surface area contributed by atoms with E-state index in [0.29, 0.717) is 18.1 Å². The van der Waals surface area contributed by atoms with Crippen molar-refractivity contribution < 1.29 is 0 Å². The molecule has 4 nitrogen and oxygen atoms in total. The van der Waals surface area contributed by atoms with Crippen molar-refractivity contribution in [2.75, 3.05) is 11.1 Å². The van der Waals surface area contributed by atoms with Crippen LogP contribution in [0.2, 0.25) is 5.28 Å². The van der Waals surface area contributed by atoms with Crippen LogP contribution >= 0.6 is 11.6 Å². The van der Waals surface area contributed by atoms with Crippen LogP contribution in [-0.2, 0) is 6.54 Å². The van der Waals surface area contributed by atoms with Crippen LogP contribution in [0.3, 0.4) is 0 Å². The van der Waals surface area contributed by atoms with Crippen LogP contribution < -0.4 is 11.1 Å². The zero-order chi connectivity index (χ0) is 13.9. The zero-order valence-corrected chi connectivity index (χ0v) is 11.4. The molecule has 3 N–H and O–H groups in total. The Morgan fingerprint density at radius 2 is 1.90 bits per heavy atom. The van der Waals surface area contributed by atoms with E-state index in [1.54, 1.807) is 0 Å². The summed E-state index contributed by atoms with van der Waals surface area (Å²) in [5, 5.41) is 5.80. The summed E-state index contributed by atoms with van der Waals surface area (Å²) in [7, 11) is 0. The molecule has 0 fully saturated rings. The fourth-order valence-corrected chi connectivity index (χ4v) is 2.27. The molecule has 0 unspecified atom stereocenters. The maximum Gasteiger partial charge on any atom is 0.224 e. The molecule has 3 rings (SSSR count). The van der Waals surface area contributed by atoms with Crippen molar-refractivity contribution in [2.45, 2.75) is 6.54 Å². The van der Waals surface area contributed by atoms with Gasteiger partial charge >= 0.3 is 0 Å². The second kappa shape index (κ2) is 5.35. The van der Waals surface area contributed by atoms with E-state index in [-0.39, 0.29) is 5.28 Å². The van der Waals surface area contributed by atoms with Crippen molar-refractivity contribution in [2.24, 2.45) is 0 Å². The Morgan fingerprint density at radius 1 is 1.10 bits per heavy atom. The molecule has 5 heteroatoms. The lowest BCUT2D eigenvalue weighted by Crippen LogP contribution is -2.05. The quantitative estimate of drug-likeness (QED) is 0.723. The maximum atomic E-state index is 5.82. The number of aromatic nitrogens is 2. The topological polar surface area (TPSA) is 63.8 Å². The highest BCUT2D eigenvalue weighted by Crippen LogP contribution is 2.21. The molecule has 0 saturated carbocycles. The summed E-state index contributed by atoms with van der Waals surface area (Å²) in [6.45, 7) is 0.624. The predicted molar refractivity (Wildman–Crippen MR) is 82.7 cm³/mol. The molecule has 1 heterocycles. The molecular weight excluding hydrogens is 272 g/mol. The van der Waals surface area contributed by atoms with Gasteiger partial charge in [-0.2, -0.15) is 4.98 Å². The van der Waals surface area contributed by atoms with Gasteiger partial charge in [-0.05, 0) is 27.9 Å². The van der Waals surface area contributed by atoms with Gasteiger partial charge in [0.2, 0.25) is 5.28 Å². The van der Waals surface area contributed by atoms with E-state index >= 15 is 0 Å². The van der Waals surface area contributed by atoms with E-state index in [2.05, 4.69) is 39.6 Å². The molecule has 0 aliphatic rings. The van der Waals surface area contributed by atoms with E-state index < -0.39 is 0 Å². The number of nitrogens with one attached hydrogen (secondary N) is 1. The van der Waals surface area contributed by atoms with Gasteiger partial charge in [0.1, 0.15) is 0 Å². The molecule has 0 saturated heterocycles. The minimum absolute atomic E-state index is 0.180. The molecule has 0 aliphatic carbocycles. The first-order chi connectivity index (χ1) is 9.74. The fraction of sp³-hybridized carbons (Fsp3) is 0.0667. The highest BCUT2D eigenvalue weighted by molar-refractivity contribution is 6.28. The second-order valence-corrected chi connectivity index (χ2v) is 4.77. The molecule has 0 amide bonds. The molecule has 0 aliphatic heterocycles. The van der Waals surface area contributed by atoms with Crippen molar-refractivity contribution in [3.63, 3.8) is 0 Å². The van der Waals surface area contributed by atoms with E-state index in [1.165, 1.54) is 22.5 Å². The third-order valence-electron chi connectivity index (χ3n) is 3.11. The normalized spacial score (nSPS) is 10.7. The van der Waals surface area contributed by atoms with E-state index in [1.807, 2.05) is 18.2 Å². The summed E-state index contributed by atoms with van der Waals surface area (Å²) in [5.74, 6) is 0.554. The molecule has 0 radical (unpaired) electrons. The number of hydrogen-bond acceptors (Lipinski definition) is 4. The Labute approximate surface area is 121 Å². The Bertz CT molecular complexity index is 752. The fourth-order valence-electron chi connectivity index (χ4n) is 2.14. The summed E-state index contributed by atoms with van der Waals surface area (Å²) in [5.41, 5.74) is 7.48. The molecule has 100 valence electrons. The first kappa shape index (κ1) is 12.7. The lowest BCUT2D eigenvalue weighted by molar-refractivity contribution is 1.09. The SMILES string of the molecule is Nc1cnc(Cl)nc1NCc1cccc2ccccc12. The van der Waals surface area contributed by atoms with Crippen LogP contribution in [0.4, 0.5) is 11.5 Å². The van der Waals surface area contributed by atoms with E-state index in [0.717, 1.165) is 0 Å². The van der Waals surface area contributed by atoms with E-state index in [9.17, 15) is 0 Å². The third kappa shape index (κ3) is 2.51. The molecule has 0 spiro atoms. The number of halogens is 1. The Balaban J connectivity index is 1.89. The number of rotatable bonds is 3. The van der Waals surface area contributed by atoms with Crippen LogP contribution in [0.15, 0.2) is 48.7 Å². The van der Waals surface area contributed by atoms with Crippen LogP contribution in [0.5, 0.6) is 0 Å². The van der Waals surface area contributed by atoms with Crippen LogP contribution in [0.1, 0.15) is 5.56 Å².